The smallest absolute Gasteiger partial charge is 0.408 e. The zero-order chi connectivity index (χ0) is 26.1. The maximum atomic E-state index is 13.6. The highest BCUT2D eigenvalue weighted by Gasteiger charge is 2.46. The van der Waals surface area contributed by atoms with E-state index in [2.05, 4.69) is 10.3 Å². The summed E-state index contributed by atoms with van der Waals surface area (Å²) in [6.07, 6.45) is 0.316. The van der Waals surface area contributed by atoms with E-state index >= 15 is 0 Å². The molecule has 2 N–H and O–H groups in total. The van der Waals surface area contributed by atoms with E-state index < -0.39 is 47.2 Å². The molecule has 0 aliphatic carbocycles. The van der Waals surface area contributed by atoms with E-state index in [0.717, 1.165) is 10.8 Å². The van der Waals surface area contributed by atoms with Crippen LogP contribution >= 0.6 is 11.6 Å². The zero-order valence-corrected chi connectivity index (χ0v) is 21.5. The minimum atomic E-state index is -1.15. The number of hydrogen-bond acceptors (Lipinski definition) is 6. The van der Waals surface area contributed by atoms with Gasteiger partial charge < -0.3 is 24.8 Å². The van der Waals surface area contributed by atoms with Gasteiger partial charge in [-0.3, -0.25) is 4.79 Å². The van der Waals surface area contributed by atoms with Gasteiger partial charge in [0.15, 0.2) is 0 Å². The molecule has 9 nitrogen and oxygen atoms in total. The Morgan fingerprint density at radius 1 is 1.17 bits per heavy atom. The second-order valence-electron chi connectivity index (χ2n) is 10.7. The summed E-state index contributed by atoms with van der Waals surface area (Å²) in [5, 5.41) is 14.6. The molecule has 1 aromatic carbocycles. The fourth-order valence-corrected chi connectivity index (χ4v) is 4.15. The third-order valence-electron chi connectivity index (χ3n) is 5.57. The van der Waals surface area contributed by atoms with Crippen molar-refractivity contribution >= 4 is 40.3 Å². The second-order valence-corrected chi connectivity index (χ2v) is 11.2. The number of aromatic nitrogens is 1. The third kappa shape index (κ3) is 6.54. The van der Waals surface area contributed by atoms with Gasteiger partial charge in [-0.1, -0.05) is 32.4 Å². The number of hydrogen-bond donors (Lipinski definition) is 2. The number of amides is 2. The summed E-state index contributed by atoms with van der Waals surface area (Å²) in [6.45, 7) is 10.6. The van der Waals surface area contributed by atoms with E-state index in [1.54, 1.807) is 72.0 Å². The van der Waals surface area contributed by atoms with Crippen LogP contribution in [0.4, 0.5) is 4.79 Å². The van der Waals surface area contributed by atoms with Crippen LogP contribution in [0.1, 0.15) is 48.0 Å². The van der Waals surface area contributed by atoms with Crippen LogP contribution in [0.15, 0.2) is 30.5 Å². The topological polar surface area (TPSA) is 118 Å². The molecule has 2 amide bonds. The molecule has 3 rings (SSSR count). The molecule has 35 heavy (non-hydrogen) atoms. The number of fused-ring (bicyclic) bond motifs is 1. The fourth-order valence-electron chi connectivity index (χ4n) is 3.97. The maximum Gasteiger partial charge on any atom is 0.408 e. The summed E-state index contributed by atoms with van der Waals surface area (Å²) >= 11 is 6.08. The molecule has 0 unspecified atom stereocenters. The Hall–Kier alpha value is -3.07. The molecule has 1 saturated heterocycles. The molecule has 10 heteroatoms. The number of aliphatic carboxylic acids is 1. The van der Waals surface area contributed by atoms with Crippen molar-refractivity contribution in [3.8, 4) is 5.88 Å². The lowest BCUT2D eigenvalue weighted by Crippen LogP contribution is -2.57. The van der Waals surface area contributed by atoms with Gasteiger partial charge in [0.2, 0.25) is 11.8 Å². The molecule has 0 spiro atoms. The van der Waals surface area contributed by atoms with Gasteiger partial charge in [0.1, 0.15) is 23.8 Å². The SMILES string of the molecule is CC(C)(C)OC(=O)N[C@H](C(=O)N1C[C@H](Oc2nccc3cc(Cl)ccc23)C[C@H]1C(=O)O)C(C)(C)C. The third-order valence-corrected chi connectivity index (χ3v) is 5.81. The Morgan fingerprint density at radius 3 is 2.46 bits per heavy atom. The van der Waals surface area contributed by atoms with E-state index in [0.29, 0.717) is 10.9 Å². The number of nitrogens with zero attached hydrogens (tertiary/aromatic N) is 2. The first-order valence-electron chi connectivity index (χ1n) is 11.4. The quantitative estimate of drug-likeness (QED) is 0.623. The molecule has 3 atom stereocenters. The number of rotatable bonds is 5. The Morgan fingerprint density at radius 2 is 1.86 bits per heavy atom. The average molecular weight is 506 g/mol. The summed E-state index contributed by atoms with van der Waals surface area (Å²) in [5.74, 6) is -1.33. The molecular weight excluding hydrogens is 474 g/mol. The van der Waals surface area contributed by atoms with Crippen LogP contribution < -0.4 is 10.1 Å². The predicted molar refractivity (Wildman–Crippen MR) is 132 cm³/mol. The number of carbonyl (C=O) groups is 3. The molecule has 2 aromatic rings. The van der Waals surface area contributed by atoms with Crippen LogP contribution in [0.2, 0.25) is 5.02 Å². The first kappa shape index (κ1) is 26.5. The van der Waals surface area contributed by atoms with Crippen molar-refractivity contribution in [2.75, 3.05) is 6.54 Å². The van der Waals surface area contributed by atoms with Gasteiger partial charge in [0.25, 0.3) is 0 Å². The lowest BCUT2D eigenvalue weighted by Gasteiger charge is -2.35. The van der Waals surface area contributed by atoms with Crippen LogP contribution in [0, 0.1) is 5.41 Å². The monoisotopic (exact) mass is 505 g/mol. The summed E-state index contributed by atoms with van der Waals surface area (Å²) < 4.78 is 11.4. The lowest BCUT2D eigenvalue weighted by molar-refractivity contribution is -0.150. The van der Waals surface area contributed by atoms with Gasteiger partial charge in [0.05, 0.1) is 6.54 Å². The number of carboxylic acid groups (broad SMARTS) is 1. The minimum absolute atomic E-state index is 0.0318. The van der Waals surface area contributed by atoms with E-state index in [1.165, 1.54) is 4.90 Å². The van der Waals surface area contributed by atoms with Crippen molar-refractivity contribution in [3.05, 3.63) is 35.5 Å². The van der Waals surface area contributed by atoms with Crippen LogP contribution in [0.5, 0.6) is 5.88 Å². The number of halogens is 1. The highest BCUT2D eigenvalue weighted by atomic mass is 35.5. The number of benzene rings is 1. The van der Waals surface area contributed by atoms with Gasteiger partial charge in [0, 0.05) is 23.0 Å². The molecule has 1 fully saturated rings. The number of carbonyl (C=O) groups excluding carboxylic acids is 2. The van der Waals surface area contributed by atoms with Gasteiger partial charge in [-0.15, -0.1) is 0 Å². The second kappa shape index (κ2) is 9.89. The fraction of sp³-hybridized carbons (Fsp3) is 0.520. The highest BCUT2D eigenvalue weighted by molar-refractivity contribution is 6.31. The Balaban J connectivity index is 1.83. The summed E-state index contributed by atoms with van der Waals surface area (Å²) in [7, 11) is 0. The zero-order valence-electron chi connectivity index (χ0n) is 20.8. The Bertz CT molecular complexity index is 1120. The Labute approximate surface area is 209 Å². The van der Waals surface area contributed by atoms with Gasteiger partial charge in [-0.25, -0.2) is 14.6 Å². The summed E-state index contributed by atoms with van der Waals surface area (Å²) in [5.41, 5.74) is -1.45. The lowest BCUT2D eigenvalue weighted by atomic mass is 9.85. The van der Waals surface area contributed by atoms with Gasteiger partial charge in [-0.2, -0.15) is 0 Å². The molecule has 0 radical (unpaired) electrons. The van der Waals surface area contributed by atoms with Crippen molar-refractivity contribution in [3.63, 3.8) is 0 Å². The largest absolute Gasteiger partial charge is 0.480 e. The molecule has 1 aromatic heterocycles. The first-order chi connectivity index (χ1) is 16.2. The van der Waals surface area contributed by atoms with Gasteiger partial charge >= 0.3 is 12.1 Å². The summed E-state index contributed by atoms with van der Waals surface area (Å²) in [6, 6.07) is 4.98. The van der Waals surface area contributed by atoms with Crippen LogP contribution in [0.3, 0.4) is 0 Å². The van der Waals surface area contributed by atoms with Crippen LogP contribution in [-0.4, -0.2) is 63.3 Å². The van der Waals surface area contributed by atoms with Crippen LogP contribution in [-0.2, 0) is 14.3 Å². The molecular formula is C25H32ClN3O6. The minimum Gasteiger partial charge on any atom is -0.480 e. The molecule has 190 valence electrons. The van der Waals surface area contributed by atoms with Crippen molar-refractivity contribution in [2.45, 2.75) is 71.8 Å². The standard InChI is InChI=1S/C25H32ClN3O6/c1-24(2,3)19(28-23(33)35-25(4,5)6)21(30)29-13-16(12-18(29)22(31)32)34-20-17-8-7-15(26)11-14(17)9-10-27-20/h7-11,16,18-19H,12-13H2,1-6H3,(H,28,33)(H,31,32)/t16-,18+,19-/m1/s1. The molecule has 2 heterocycles. The molecule has 0 saturated carbocycles. The number of carboxylic acids is 1. The normalized spacial score (nSPS) is 19.3. The first-order valence-corrected chi connectivity index (χ1v) is 11.8. The van der Waals surface area contributed by atoms with Gasteiger partial charge in [-0.05, 0) is 55.8 Å². The Kier molecular flexibility index (Phi) is 7.50. The van der Waals surface area contributed by atoms with E-state index in [-0.39, 0.29) is 13.0 Å². The number of pyridine rings is 1. The highest BCUT2D eigenvalue weighted by Crippen LogP contribution is 2.31. The molecule has 0 bridgehead atoms. The molecule has 1 aliphatic heterocycles. The molecule has 1 aliphatic rings. The van der Waals surface area contributed by atoms with Crippen molar-refractivity contribution in [1.82, 2.24) is 15.2 Å². The van der Waals surface area contributed by atoms with E-state index in [1.807, 2.05) is 0 Å². The van der Waals surface area contributed by atoms with Crippen molar-refractivity contribution in [1.29, 1.82) is 0 Å². The van der Waals surface area contributed by atoms with Crippen LogP contribution in [0.25, 0.3) is 10.8 Å². The van der Waals surface area contributed by atoms with E-state index in [9.17, 15) is 19.5 Å². The average Bonchev–Trinajstić information content (AvgIpc) is 3.13. The number of alkyl carbamates (subject to hydrolysis) is 1. The number of nitrogens with one attached hydrogen (secondary N) is 1. The van der Waals surface area contributed by atoms with E-state index in [4.69, 9.17) is 21.1 Å². The number of ether oxygens (including phenoxy) is 2. The summed E-state index contributed by atoms with van der Waals surface area (Å²) in [4.78, 5) is 43.6. The predicted octanol–water partition coefficient (Wildman–Crippen LogP) is 4.26. The van der Waals surface area contributed by atoms with Crippen molar-refractivity contribution in [2.24, 2.45) is 5.41 Å². The maximum absolute atomic E-state index is 13.6. The van der Waals surface area contributed by atoms with Crippen molar-refractivity contribution < 1.29 is 29.0 Å². The number of likely N-dealkylation sites (tertiary alicyclic amines) is 1.